The zero-order valence-electron chi connectivity index (χ0n) is 10.8. The maximum absolute atomic E-state index is 8.94. The van der Waals surface area contributed by atoms with Crippen LogP contribution in [0.5, 0.6) is 0 Å². The normalized spacial score (nSPS) is 12.1. The smallest absolute Gasteiger partial charge is 0.232 e. The Morgan fingerprint density at radius 2 is 2.18 bits per heavy atom. The van der Waals surface area contributed by atoms with E-state index in [1.54, 1.807) is 6.08 Å². The van der Waals surface area contributed by atoms with Gasteiger partial charge in [-0.05, 0) is 0 Å². The molecule has 0 unspecified atom stereocenters. The molecular weight excluding hydrogens is 218 g/mol. The van der Waals surface area contributed by atoms with Gasteiger partial charge in [-0.1, -0.05) is 32.0 Å². The molecule has 0 aliphatic heterocycles. The number of rotatable bonds is 6. The van der Waals surface area contributed by atoms with Gasteiger partial charge in [0.25, 0.3) is 0 Å². The van der Waals surface area contributed by atoms with E-state index >= 15 is 0 Å². The van der Waals surface area contributed by atoms with Gasteiger partial charge in [0, 0.05) is 18.5 Å². The van der Waals surface area contributed by atoms with Gasteiger partial charge in [-0.2, -0.15) is 4.98 Å². The number of aromatic nitrogens is 2. The zero-order valence-corrected chi connectivity index (χ0v) is 10.8. The first-order valence-corrected chi connectivity index (χ1v) is 5.74. The lowest BCUT2D eigenvalue weighted by atomic mass is 9.97. The standard InChI is InChI=1S/C12H21N3O2/c1-5-6-15(7-8-16)9-10-13-11(17-14-10)12(2,3)4/h5,16H,1,6-9H2,2-4H3. The quantitative estimate of drug-likeness (QED) is 0.759. The first-order chi connectivity index (χ1) is 7.97. The fourth-order valence-electron chi connectivity index (χ4n) is 1.38. The molecule has 0 bridgehead atoms. The molecule has 17 heavy (non-hydrogen) atoms. The molecule has 1 N–H and O–H groups in total. The van der Waals surface area contributed by atoms with Gasteiger partial charge in [-0.3, -0.25) is 4.90 Å². The van der Waals surface area contributed by atoms with Gasteiger partial charge in [-0.25, -0.2) is 0 Å². The molecule has 0 spiro atoms. The molecular formula is C12H21N3O2. The van der Waals surface area contributed by atoms with Gasteiger partial charge in [0.2, 0.25) is 5.89 Å². The third-order valence-electron chi connectivity index (χ3n) is 2.28. The highest BCUT2D eigenvalue weighted by molar-refractivity contribution is 4.98. The van der Waals surface area contributed by atoms with E-state index < -0.39 is 0 Å². The molecule has 0 saturated heterocycles. The van der Waals surface area contributed by atoms with E-state index in [1.165, 1.54) is 0 Å². The van der Waals surface area contributed by atoms with Crippen molar-refractivity contribution >= 4 is 0 Å². The highest BCUT2D eigenvalue weighted by Crippen LogP contribution is 2.19. The predicted octanol–water partition coefficient (Wildman–Crippen LogP) is 1.35. The van der Waals surface area contributed by atoms with Crippen LogP contribution in [0.4, 0.5) is 0 Å². The second-order valence-electron chi connectivity index (χ2n) is 5.01. The summed E-state index contributed by atoms with van der Waals surface area (Å²) in [5.74, 6) is 1.28. The summed E-state index contributed by atoms with van der Waals surface area (Å²) in [4.78, 5) is 6.35. The van der Waals surface area contributed by atoms with Crippen molar-refractivity contribution < 1.29 is 9.63 Å². The lowest BCUT2D eigenvalue weighted by molar-refractivity contribution is 0.199. The topological polar surface area (TPSA) is 62.4 Å². The summed E-state index contributed by atoms with van der Waals surface area (Å²) in [6.45, 7) is 11.7. The van der Waals surface area contributed by atoms with E-state index in [0.29, 0.717) is 31.3 Å². The van der Waals surface area contributed by atoms with Gasteiger partial charge in [0.15, 0.2) is 5.82 Å². The summed E-state index contributed by atoms with van der Waals surface area (Å²) in [5, 5.41) is 12.9. The molecule has 5 heteroatoms. The van der Waals surface area contributed by atoms with Gasteiger partial charge >= 0.3 is 0 Å². The fourth-order valence-corrected chi connectivity index (χ4v) is 1.38. The summed E-state index contributed by atoms with van der Waals surface area (Å²) < 4.78 is 5.21. The van der Waals surface area contributed by atoms with Crippen LogP contribution in [0.3, 0.4) is 0 Å². The maximum atomic E-state index is 8.94. The summed E-state index contributed by atoms with van der Waals surface area (Å²) in [6.07, 6.45) is 1.79. The molecule has 0 radical (unpaired) electrons. The Bertz CT molecular complexity index is 355. The fraction of sp³-hybridized carbons (Fsp3) is 0.667. The van der Waals surface area contributed by atoms with Gasteiger partial charge < -0.3 is 9.63 Å². The molecule has 0 amide bonds. The van der Waals surface area contributed by atoms with Crippen molar-refractivity contribution in [3.63, 3.8) is 0 Å². The minimum atomic E-state index is -0.133. The number of hydrogen-bond acceptors (Lipinski definition) is 5. The Kier molecular flexibility index (Phi) is 4.84. The number of hydrogen-bond donors (Lipinski definition) is 1. The van der Waals surface area contributed by atoms with Crippen LogP contribution in [0.1, 0.15) is 32.5 Å². The van der Waals surface area contributed by atoms with Crippen LogP contribution in [0.2, 0.25) is 0 Å². The average Bonchev–Trinajstić information content (AvgIpc) is 2.66. The lowest BCUT2D eigenvalue weighted by Crippen LogP contribution is -2.27. The Hall–Kier alpha value is -1.20. The predicted molar refractivity (Wildman–Crippen MR) is 65.6 cm³/mol. The van der Waals surface area contributed by atoms with Crippen molar-refractivity contribution in [2.75, 3.05) is 19.7 Å². The maximum Gasteiger partial charge on any atom is 0.232 e. The van der Waals surface area contributed by atoms with Crippen molar-refractivity contribution in [2.45, 2.75) is 32.7 Å². The molecule has 0 aromatic carbocycles. The molecule has 0 fully saturated rings. The molecule has 1 heterocycles. The van der Waals surface area contributed by atoms with Gasteiger partial charge in [-0.15, -0.1) is 6.58 Å². The first kappa shape index (κ1) is 13.9. The highest BCUT2D eigenvalue weighted by atomic mass is 16.5. The van der Waals surface area contributed by atoms with Crippen molar-refractivity contribution in [1.29, 1.82) is 0 Å². The van der Waals surface area contributed by atoms with Crippen molar-refractivity contribution in [1.82, 2.24) is 15.0 Å². The van der Waals surface area contributed by atoms with Crippen LogP contribution in [0.25, 0.3) is 0 Å². The van der Waals surface area contributed by atoms with Crippen LogP contribution in [0.15, 0.2) is 17.2 Å². The third-order valence-corrected chi connectivity index (χ3v) is 2.28. The Balaban J connectivity index is 2.66. The minimum absolute atomic E-state index is 0.109. The highest BCUT2D eigenvalue weighted by Gasteiger charge is 2.22. The van der Waals surface area contributed by atoms with E-state index in [0.717, 1.165) is 0 Å². The van der Waals surface area contributed by atoms with Gasteiger partial charge in [0.05, 0.1) is 13.2 Å². The Labute approximate surface area is 102 Å². The molecule has 0 atom stereocenters. The van der Waals surface area contributed by atoms with Crippen LogP contribution >= 0.6 is 0 Å². The lowest BCUT2D eigenvalue weighted by Gasteiger charge is -2.16. The van der Waals surface area contributed by atoms with Crippen LogP contribution in [0, 0.1) is 0 Å². The number of aliphatic hydroxyl groups is 1. The summed E-state index contributed by atoms with van der Waals surface area (Å²) in [5.41, 5.74) is -0.133. The zero-order chi connectivity index (χ0) is 12.9. The second kappa shape index (κ2) is 5.93. The minimum Gasteiger partial charge on any atom is -0.395 e. The molecule has 96 valence electrons. The van der Waals surface area contributed by atoms with Crippen LogP contribution in [-0.4, -0.2) is 39.8 Å². The van der Waals surface area contributed by atoms with Crippen molar-refractivity contribution in [3.05, 3.63) is 24.4 Å². The van der Waals surface area contributed by atoms with E-state index in [2.05, 4.69) is 16.7 Å². The first-order valence-electron chi connectivity index (χ1n) is 5.74. The summed E-state index contributed by atoms with van der Waals surface area (Å²) in [7, 11) is 0. The second-order valence-corrected chi connectivity index (χ2v) is 5.01. The average molecular weight is 239 g/mol. The molecule has 1 aromatic rings. The summed E-state index contributed by atoms with van der Waals surface area (Å²) in [6, 6.07) is 0. The molecule has 0 aliphatic rings. The molecule has 1 rings (SSSR count). The molecule has 1 aromatic heterocycles. The molecule has 0 aliphatic carbocycles. The third kappa shape index (κ3) is 4.28. The van der Waals surface area contributed by atoms with E-state index in [1.807, 2.05) is 25.7 Å². The Morgan fingerprint density at radius 1 is 1.47 bits per heavy atom. The van der Waals surface area contributed by atoms with E-state index in [4.69, 9.17) is 9.63 Å². The van der Waals surface area contributed by atoms with E-state index in [9.17, 15) is 0 Å². The molecule has 0 saturated carbocycles. The van der Waals surface area contributed by atoms with Crippen LogP contribution in [-0.2, 0) is 12.0 Å². The van der Waals surface area contributed by atoms with Crippen molar-refractivity contribution in [2.24, 2.45) is 0 Å². The summed E-state index contributed by atoms with van der Waals surface area (Å²) >= 11 is 0. The number of aliphatic hydroxyl groups excluding tert-OH is 1. The van der Waals surface area contributed by atoms with E-state index in [-0.39, 0.29) is 12.0 Å². The van der Waals surface area contributed by atoms with Crippen molar-refractivity contribution in [3.8, 4) is 0 Å². The Morgan fingerprint density at radius 3 is 2.65 bits per heavy atom. The monoisotopic (exact) mass is 239 g/mol. The molecule has 5 nitrogen and oxygen atoms in total. The largest absolute Gasteiger partial charge is 0.395 e. The van der Waals surface area contributed by atoms with Gasteiger partial charge in [0.1, 0.15) is 0 Å². The number of nitrogens with zero attached hydrogens (tertiary/aromatic N) is 3. The SMILES string of the molecule is C=CCN(CCO)Cc1noc(C(C)(C)C)n1. The van der Waals surface area contributed by atoms with Crippen LogP contribution < -0.4 is 0 Å².